The van der Waals surface area contributed by atoms with Crippen molar-refractivity contribution < 1.29 is 4.74 Å². The molecule has 0 bridgehead atoms. The van der Waals surface area contributed by atoms with Crippen LogP contribution in [0.1, 0.15) is 25.3 Å². The number of benzene rings is 1. The van der Waals surface area contributed by atoms with E-state index in [1.165, 1.54) is 0 Å². The van der Waals surface area contributed by atoms with Gasteiger partial charge in [-0.3, -0.25) is 4.79 Å². The van der Waals surface area contributed by atoms with Crippen LogP contribution < -0.4 is 16.0 Å². The molecular weight excluding hydrogens is 286 g/mol. The summed E-state index contributed by atoms with van der Waals surface area (Å²) in [6.45, 7) is 2.79. The zero-order valence-electron chi connectivity index (χ0n) is 11.8. The van der Waals surface area contributed by atoms with Crippen molar-refractivity contribution in [1.82, 2.24) is 10.2 Å². The van der Waals surface area contributed by atoms with Crippen molar-refractivity contribution >= 4 is 17.2 Å². The molecule has 2 aromatic rings. The Bertz CT molecular complexity index is 697. The molecule has 2 rings (SSSR count). The van der Waals surface area contributed by atoms with Crippen LogP contribution in [0.15, 0.2) is 35.1 Å². The van der Waals surface area contributed by atoms with Crippen molar-refractivity contribution in [2.45, 2.75) is 19.8 Å². The number of nitrogens with zero attached hydrogens (tertiary/aromatic N) is 1. The second-order valence-electron chi connectivity index (χ2n) is 4.59. The summed E-state index contributed by atoms with van der Waals surface area (Å²) in [6.07, 6.45) is 2.09. The topological polar surface area (TPSA) is 81.0 Å². The third-order valence-corrected chi connectivity index (χ3v) is 3.19. The molecule has 0 unspecified atom stereocenters. The molecule has 0 saturated carbocycles. The highest BCUT2D eigenvalue weighted by atomic mass is 32.1. The standard InChI is InChI=1S/C15H17N3O2S/c1-2-3-7-20-11-6-4-5-10(8-11)13-9-12(14(16)21)15(19)18-17-13/h4-6,8-9H,2-3,7H2,1H3,(H2,16,21)(H,18,19). The fourth-order valence-corrected chi connectivity index (χ4v) is 1.97. The maximum absolute atomic E-state index is 11.6. The van der Waals surface area contributed by atoms with E-state index in [0.717, 1.165) is 24.2 Å². The Morgan fingerprint density at radius 2 is 2.24 bits per heavy atom. The molecule has 0 radical (unpaired) electrons. The van der Waals surface area contributed by atoms with E-state index in [9.17, 15) is 4.79 Å². The third kappa shape index (κ3) is 3.88. The summed E-state index contributed by atoms with van der Waals surface area (Å²) in [5.74, 6) is 0.769. The zero-order chi connectivity index (χ0) is 15.2. The van der Waals surface area contributed by atoms with Crippen LogP contribution in [0.4, 0.5) is 0 Å². The van der Waals surface area contributed by atoms with Crippen LogP contribution >= 0.6 is 12.2 Å². The number of nitrogens with one attached hydrogen (secondary N) is 1. The van der Waals surface area contributed by atoms with Gasteiger partial charge in [0.05, 0.1) is 17.9 Å². The number of aromatic amines is 1. The van der Waals surface area contributed by atoms with Crippen molar-refractivity contribution in [1.29, 1.82) is 0 Å². The van der Waals surface area contributed by atoms with E-state index in [4.69, 9.17) is 22.7 Å². The Balaban J connectivity index is 2.29. The molecule has 1 heterocycles. The first kappa shape index (κ1) is 15.2. The summed E-state index contributed by atoms with van der Waals surface area (Å²) in [5.41, 5.74) is 6.83. The molecule has 0 atom stereocenters. The lowest BCUT2D eigenvalue weighted by Gasteiger charge is -2.07. The smallest absolute Gasteiger partial charge is 0.274 e. The Morgan fingerprint density at radius 1 is 1.43 bits per heavy atom. The molecule has 0 saturated heterocycles. The van der Waals surface area contributed by atoms with Crippen molar-refractivity contribution in [3.05, 3.63) is 46.2 Å². The van der Waals surface area contributed by atoms with Crippen LogP contribution in [-0.2, 0) is 0 Å². The van der Waals surface area contributed by atoms with E-state index in [-0.39, 0.29) is 16.1 Å². The highest BCUT2D eigenvalue weighted by molar-refractivity contribution is 7.80. The molecule has 0 aliphatic heterocycles. The molecule has 5 nitrogen and oxygen atoms in total. The predicted molar refractivity (Wildman–Crippen MR) is 86.6 cm³/mol. The van der Waals surface area contributed by atoms with Gasteiger partial charge in [0.2, 0.25) is 0 Å². The number of H-pyrrole nitrogens is 1. The summed E-state index contributed by atoms with van der Waals surface area (Å²) in [4.78, 5) is 11.6. The van der Waals surface area contributed by atoms with Gasteiger partial charge >= 0.3 is 0 Å². The first-order chi connectivity index (χ1) is 10.1. The average Bonchev–Trinajstić information content (AvgIpc) is 2.48. The van der Waals surface area contributed by atoms with E-state index in [1.54, 1.807) is 6.07 Å². The molecule has 6 heteroatoms. The Labute approximate surface area is 128 Å². The monoisotopic (exact) mass is 303 g/mol. The number of thiocarbonyl (C=S) groups is 1. The van der Waals surface area contributed by atoms with Gasteiger partial charge in [0.1, 0.15) is 10.7 Å². The minimum atomic E-state index is -0.387. The summed E-state index contributed by atoms with van der Waals surface area (Å²) >= 11 is 4.86. The van der Waals surface area contributed by atoms with E-state index in [1.807, 2.05) is 24.3 Å². The minimum absolute atomic E-state index is 0.0512. The van der Waals surface area contributed by atoms with Gasteiger partial charge < -0.3 is 10.5 Å². The van der Waals surface area contributed by atoms with Gasteiger partial charge in [0.25, 0.3) is 5.56 Å². The van der Waals surface area contributed by atoms with E-state index >= 15 is 0 Å². The van der Waals surface area contributed by atoms with Crippen LogP contribution in [0.2, 0.25) is 0 Å². The maximum atomic E-state index is 11.6. The maximum Gasteiger partial charge on any atom is 0.274 e. The first-order valence-electron chi connectivity index (χ1n) is 6.74. The van der Waals surface area contributed by atoms with E-state index in [0.29, 0.717) is 12.3 Å². The molecule has 21 heavy (non-hydrogen) atoms. The summed E-state index contributed by atoms with van der Waals surface area (Å²) in [6, 6.07) is 9.12. The van der Waals surface area contributed by atoms with Gasteiger partial charge in [0.15, 0.2) is 0 Å². The molecule has 1 aromatic carbocycles. The highest BCUT2D eigenvalue weighted by Gasteiger charge is 2.08. The first-order valence-corrected chi connectivity index (χ1v) is 7.15. The lowest BCUT2D eigenvalue weighted by molar-refractivity contribution is 0.309. The fourth-order valence-electron chi connectivity index (χ4n) is 1.82. The SMILES string of the molecule is CCCCOc1cccc(-c2cc(C(N)=S)c(=O)[nH]n2)c1. The Hall–Kier alpha value is -2.21. The molecular formula is C15H17N3O2S. The quantitative estimate of drug-likeness (QED) is 0.632. The number of nitrogens with two attached hydrogens (primary N) is 1. The van der Waals surface area contributed by atoms with Gasteiger partial charge in [-0.2, -0.15) is 5.10 Å². The lowest BCUT2D eigenvalue weighted by atomic mass is 10.1. The number of unbranched alkanes of at least 4 members (excludes halogenated alkanes) is 1. The molecule has 0 aliphatic rings. The Morgan fingerprint density at radius 3 is 2.95 bits per heavy atom. The van der Waals surface area contributed by atoms with E-state index < -0.39 is 0 Å². The molecule has 1 aromatic heterocycles. The zero-order valence-corrected chi connectivity index (χ0v) is 12.6. The number of ether oxygens (including phenoxy) is 1. The van der Waals surface area contributed by atoms with Crippen LogP contribution in [0, 0.1) is 0 Å². The average molecular weight is 303 g/mol. The van der Waals surface area contributed by atoms with Crippen LogP contribution in [0.5, 0.6) is 5.75 Å². The van der Waals surface area contributed by atoms with Gasteiger partial charge in [-0.15, -0.1) is 0 Å². The summed E-state index contributed by atoms with van der Waals surface area (Å²) in [7, 11) is 0. The number of hydrogen-bond acceptors (Lipinski definition) is 4. The van der Waals surface area contributed by atoms with Gasteiger partial charge in [-0.1, -0.05) is 37.7 Å². The highest BCUT2D eigenvalue weighted by Crippen LogP contribution is 2.22. The number of rotatable bonds is 6. The number of aromatic nitrogens is 2. The molecule has 0 aliphatic carbocycles. The molecule has 0 fully saturated rings. The van der Waals surface area contributed by atoms with Crippen LogP contribution in [0.3, 0.4) is 0 Å². The predicted octanol–water partition coefficient (Wildman–Crippen LogP) is 2.25. The second kappa shape index (κ2) is 6.99. The third-order valence-electron chi connectivity index (χ3n) is 2.97. The minimum Gasteiger partial charge on any atom is -0.494 e. The number of hydrogen-bond donors (Lipinski definition) is 2. The fraction of sp³-hybridized carbons (Fsp3) is 0.267. The summed E-state index contributed by atoms with van der Waals surface area (Å²) < 4.78 is 5.66. The molecule has 3 N–H and O–H groups in total. The normalized spacial score (nSPS) is 10.3. The van der Waals surface area contributed by atoms with Crippen molar-refractivity contribution in [3.63, 3.8) is 0 Å². The van der Waals surface area contributed by atoms with Gasteiger partial charge in [-0.05, 0) is 24.6 Å². The lowest BCUT2D eigenvalue weighted by Crippen LogP contribution is -2.23. The molecule has 0 spiro atoms. The van der Waals surface area contributed by atoms with Crippen molar-refractivity contribution in [3.8, 4) is 17.0 Å². The molecule has 0 amide bonds. The second-order valence-corrected chi connectivity index (χ2v) is 5.03. The van der Waals surface area contributed by atoms with Crippen molar-refractivity contribution in [2.75, 3.05) is 6.61 Å². The van der Waals surface area contributed by atoms with Crippen molar-refractivity contribution in [2.24, 2.45) is 5.73 Å². The summed E-state index contributed by atoms with van der Waals surface area (Å²) in [5, 5.41) is 6.43. The van der Waals surface area contributed by atoms with Gasteiger partial charge in [0, 0.05) is 5.56 Å². The Kier molecular flexibility index (Phi) is 5.05. The van der Waals surface area contributed by atoms with Crippen LogP contribution in [-0.4, -0.2) is 21.8 Å². The largest absolute Gasteiger partial charge is 0.494 e. The van der Waals surface area contributed by atoms with E-state index in [2.05, 4.69) is 17.1 Å². The molecule has 110 valence electrons. The van der Waals surface area contributed by atoms with Crippen LogP contribution in [0.25, 0.3) is 11.3 Å². The van der Waals surface area contributed by atoms with Gasteiger partial charge in [-0.25, -0.2) is 5.10 Å².